The number of rotatable bonds is 3. The Morgan fingerprint density at radius 2 is 2.17 bits per heavy atom. The molecule has 1 unspecified atom stereocenters. The first kappa shape index (κ1) is 15.8. The molecule has 0 amide bonds. The van der Waals surface area contributed by atoms with Gasteiger partial charge in [-0.15, -0.1) is 11.3 Å². The Morgan fingerprint density at radius 3 is 2.96 bits per heavy atom. The maximum Gasteiger partial charge on any atom is 0.196 e. The Kier molecular flexibility index (Phi) is 4.35. The summed E-state index contributed by atoms with van der Waals surface area (Å²) < 4.78 is 7.98. The van der Waals surface area contributed by atoms with E-state index in [1.54, 1.807) is 11.3 Å². The second kappa shape index (κ2) is 6.63. The number of fused-ring (bicyclic) bond motifs is 2. The third kappa shape index (κ3) is 2.75. The summed E-state index contributed by atoms with van der Waals surface area (Å²) >= 11 is 1.71. The monoisotopic (exact) mass is 339 g/mol. The number of benzene rings is 2. The summed E-state index contributed by atoms with van der Waals surface area (Å²) in [6.07, 6.45) is 2.07. The van der Waals surface area contributed by atoms with Crippen LogP contribution in [0.3, 0.4) is 0 Å². The van der Waals surface area contributed by atoms with Gasteiger partial charge in [-0.05, 0) is 35.7 Å². The highest BCUT2D eigenvalue weighted by molar-refractivity contribution is 7.24. The Hall–Kier alpha value is -1.75. The summed E-state index contributed by atoms with van der Waals surface area (Å²) in [5.41, 5.74) is 2.48. The Bertz CT molecular complexity index is 941. The van der Waals surface area contributed by atoms with Crippen molar-refractivity contribution in [1.82, 2.24) is 5.32 Å². The van der Waals surface area contributed by atoms with Crippen molar-refractivity contribution in [3.8, 4) is 0 Å². The van der Waals surface area contributed by atoms with Crippen LogP contribution in [0.4, 0.5) is 0 Å². The molecular weight excluding hydrogens is 318 g/mol. The van der Waals surface area contributed by atoms with Crippen LogP contribution in [-0.2, 0) is 11.2 Å². The lowest BCUT2D eigenvalue weighted by Crippen LogP contribution is -2.33. The summed E-state index contributed by atoms with van der Waals surface area (Å²) in [6, 6.07) is 12.4. The summed E-state index contributed by atoms with van der Waals surface area (Å²) in [4.78, 5) is 13.0. The van der Waals surface area contributed by atoms with Crippen LogP contribution in [0.5, 0.6) is 0 Å². The molecule has 1 N–H and O–H groups in total. The summed E-state index contributed by atoms with van der Waals surface area (Å²) in [5.74, 6) is 0. The predicted molar refractivity (Wildman–Crippen MR) is 101 cm³/mol. The van der Waals surface area contributed by atoms with Crippen molar-refractivity contribution in [3.05, 3.63) is 57.7 Å². The number of hydrogen-bond acceptors (Lipinski definition) is 4. The minimum absolute atomic E-state index is 0.0765. The van der Waals surface area contributed by atoms with Gasteiger partial charge in [0.25, 0.3) is 0 Å². The minimum atomic E-state index is 0.0765. The smallest absolute Gasteiger partial charge is 0.196 e. The van der Waals surface area contributed by atoms with Crippen LogP contribution < -0.4 is 10.7 Å². The van der Waals surface area contributed by atoms with Gasteiger partial charge in [-0.1, -0.05) is 31.5 Å². The lowest BCUT2D eigenvalue weighted by Gasteiger charge is -2.24. The van der Waals surface area contributed by atoms with Crippen molar-refractivity contribution in [3.63, 3.8) is 0 Å². The first-order valence-electron chi connectivity index (χ1n) is 8.58. The lowest BCUT2D eigenvalue weighted by molar-refractivity contribution is 0.0278. The van der Waals surface area contributed by atoms with E-state index in [4.69, 9.17) is 4.74 Å². The molecule has 24 heavy (non-hydrogen) atoms. The van der Waals surface area contributed by atoms with E-state index in [2.05, 4.69) is 36.5 Å². The van der Waals surface area contributed by atoms with Gasteiger partial charge < -0.3 is 10.1 Å². The van der Waals surface area contributed by atoms with Gasteiger partial charge in [0.15, 0.2) is 5.43 Å². The Labute approximate surface area is 145 Å². The van der Waals surface area contributed by atoms with Gasteiger partial charge in [0.2, 0.25) is 0 Å². The maximum atomic E-state index is 13.0. The molecule has 1 atom stereocenters. The summed E-state index contributed by atoms with van der Waals surface area (Å²) in [5, 5.41) is 5.09. The third-order valence-electron chi connectivity index (χ3n) is 4.63. The molecule has 4 heteroatoms. The average molecular weight is 339 g/mol. The normalized spacial score (nSPS) is 18.3. The van der Waals surface area contributed by atoms with Gasteiger partial charge in [0, 0.05) is 33.3 Å². The molecule has 1 fully saturated rings. The zero-order valence-corrected chi connectivity index (χ0v) is 14.6. The quantitative estimate of drug-likeness (QED) is 0.732. The molecule has 4 rings (SSSR count). The number of nitrogens with one attached hydrogen (secondary N) is 1. The van der Waals surface area contributed by atoms with Gasteiger partial charge in [-0.3, -0.25) is 4.79 Å². The highest BCUT2D eigenvalue weighted by Gasteiger charge is 2.17. The van der Waals surface area contributed by atoms with Crippen LogP contribution in [0.1, 0.15) is 30.6 Å². The van der Waals surface area contributed by atoms with E-state index in [1.165, 1.54) is 5.56 Å². The van der Waals surface area contributed by atoms with Crippen LogP contribution in [0, 0.1) is 0 Å². The first-order chi connectivity index (χ1) is 11.8. The molecule has 1 saturated heterocycles. The SMILES string of the molecule is CCCc1cccc2sc3cc(C4CNCCO4)ccc3c(=O)c12. The summed E-state index contributed by atoms with van der Waals surface area (Å²) in [7, 11) is 0. The zero-order chi connectivity index (χ0) is 16.5. The lowest BCUT2D eigenvalue weighted by atomic mass is 10.0. The van der Waals surface area contributed by atoms with Crippen LogP contribution in [-0.4, -0.2) is 19.7 Å². The molecule has 124 valence electrons. The van der Waals surface area contributed by atoms with Crippen LogP contribution in [0.2, 0.25) is 0 Å². The van der Waals surface area contributed by atoms with Crippen molar-refractivity contribution >= 4 is 31.5 Å². The van der Waals surface area contributed by atoms with Crippen LogP contribution >= 0.6 is 11.3 Å². The van der Waals surface area contributed by atoms with E-state index in [9.17, 15) is 4.79 Å². The Morgan fingerprint density at radius 1 is 1.25 bits per heavy atom. The molecule has 1 aromatic heterocycles. The minimum Gasteiger partial charge on any atom is -0.371 e. The van der Waals surface area contributed by atoms with Crippen molar-refractivity contribution in [2.75, 3.05) is 19.7 Å². The molecule has 2 aromatic carbocycles. The fourth-order valence-corrected chi connectivity index (χ4v) is 4.62. The topological polar surface area (TPSA) is 38.3 Å². The van der Waals surface area contributed by atoms with E-state index in [-0.39, 0.29) is 11.5 Å². The molecule has 0 spiro atoms. The fourth-order valence-electron chi connectivity index (χ4n) is 3.44. The molecule has 0 bridgehead atoms. The molecule has 1 aliphatic rings. The van der Waals surface area contributed by atoms with Crippen LogP contribution in [0.15, 0.2) is 41.2 Å². The largest absolute Gasteiger partial charge is 0.371 e. The third-order valence-corrected chi connectivity index (χ3v) is 5.75. The molecule has 3 nitrogen and oxygen atoms in total. The van der Waals surface area contributed by atoms with Crippen LogP contribution in [0.25, 0.3) is 20.2 Å². The number of morpholine rings is 1. The van der Waals surface area contributed by atoms with Gasteiger partial charge in [0.1, 0.15) is 0 Å². The van der Waals surface area contributed by atoms with Crippen molar-refractivity contribution < 1.29 is 4.74 Å². The molecule has 1 aliphatic heterocycles. The zero-order valence-electron chi connectivity index (χ0n) is 13.8. The van der Waals surface area contributed by atoms with Crippen molar-refractivity contribution in [1.29, 1.82) is 0 Å². The van der Waals surface area contributed by atoms with E-state index < -0.39 is 0 Å². The van der Waals surface area contributed by atoms with E-state index in [0.29, 0.717) is 0 Å². The second-order valence-electron chi connectivity index (χ2n) is 6.29. The highest BCUT2D eigenvalue weighted by atomic mass is 32.1. The van der Waals surface area contributed by atoms with Crippen molar-refractivity contribution in [2.45, 2.75) is 25.9 Å². The van der Waals surface area contributed by atoms with E-state index in [0.717, 1.165) is 58.3 Å². The molecular formula is C20H21NO2S. The molecule has 2 heterocycles. The average Bonchev–Trinajstić information content (AvgIpc) is 2.62. The standard InChI is InChI=1S/C20H21NO2S/c1-2-4-13-5-3-6-17-19(13)20(22)15-8-7-14(11-18(15)24-17)16-12-21-9-10-23-16/h3,5-8,11,16,21H,2,4,9-10,12H2,1H3. The highest BCUT2D eigenvalue weighted by Crippen LogP contribution is 2.30. The predicted octanol–water partition coefficient (Wildman–Crippen LogP) is 4.03. The van der Waals surface area contributed by atoms with Crippen molar-refractivity contribution in [2.24, 2.45) is 0 Å². The molecule has 0 saturated carbocycles. The molecule has 0 radical (unpaired) electrons. The maximum absolute atomic E-state index is 13.0. The first-order valence-corrected chi connectivity index (χ1v) is 9.40. The fraction of sp³-hybridized carbons (Fsp3) is 0.350. The number of hydrogen-bond donors (Lipinski definition) is 1. The van der Waals surface area contributed by atoms with Gasteiger partial charge in [-0.2, -0.15) is 0 Å². The van der Waals surface area contributed by atoms with Gasteiger partial charge >= 0.3 is 0 Å². The number of ether oxygens (including phenoxy) is 1. The van der Waals surface area contributed by atoms with E-state index in [1.807, 2.05) is 12.1 Å². The van der Waals surface area contributed by atoms with Gasteiger partial charge in [0.05, 0.1) is 12.7 Å². The molecule has 3 aromatic rings. The second-order valence-corrected chi connectivity index (χ2v) is 7.37. The Balaban J connectivity index is 1.89. The van der Waals surface area contributed by atoms with E-state index >= 15 is 0 Å². The van der Waals surface area contributed by atoms with Gasteiger partial charge in [-0.25, -0.2) is 0 Å². The molecule has 0 aliphatic carbocycles. The summed E-state index contributed by atoms with van der Waals surface area (Å²) in [6.45, 7) is 4.62. The number of aryl methyl sites for hydroxylation is 1.